The van der Waals surface area contributed by atoms with Crippen LogP contribution in [0.2, 0.25) is 0 Å². The van der Waals surface area contributed by atoms with E-state index in [1.807, 2.05) is 6.08 Å². The Kier molecular flexibility index (Phi) is 51.7. The number of rotatable bonds is 54. The average Bonchev–Trinajstić information content (AvgIpc) is 3.53. The summed E-state index contributed by atoms with van der Waals surface area (Å²) in [5.41, 5.74) is 0. The Balaban J connectivity index is 2.70. The molecule has 0 aromatic carbocycles. The lowest BCUT2D eigenvalue weighted by molar-refractivity contribution is -0.301. The molecule has 1 heterocycles. The Morgan fingerprint density at radius 2 is 0.790 bits per heavy atom. The second-order valence-corrected chi connectivity index (χ2v) is 21.6. The first-order valence-electron chi connectivity index (χ1n) is 32.2. The van der Waals surface area contributed by atoms with Gasteiger partial charge in [0, 0.05) is 19.3 Å². The van der Waals surface area contributed by atoms with Gasteiger partial charge >= 0.3 is 23.9 Å². The second kappa shape index (κ2) is 56.1. The van der Waals surface area contributed by atoms with Gasteiger partial charge in [0.25, 0.3) is 0 Å². The summed E-state index contributed by atoms with van der Waals surface area (Å²) in [4.78, 5) is 51.3. The molecule has 462 valence electrons. The molecular weight excluding hydrogens is 1020 g/mol. The zero-order valence-corrected chi connectivity index (χ0v) is 51.0. The highest BCUT2D eigenvalue weighted by atomic mass is 16.7. The van der Waals surface area contributed by atoms with E-state index >= 15 is 0 Å². The number of hydrogen-bond acceptors (Lipinski definition) is 11. The molecule has 1 rings (SSSR count). The molecule has 0 bridgehead atoms. The molecule has 0 saturated carbocycles. The molecule has 0 aromatic rings. The number of aliphatic carboxylic acids is 1. The van der Waals surface area contributed by atoms with Gasteiger partial charge in [0.05, 0.1) is 6.61 Å². The van der Waals surface area contributed by atoms with Crippen molar-refractivity contribution < 1.29 is 58.2 Å². The smallest absolute Gasteiger partial charge is 0.335 e. The van der Waals surface area contributed by atoms with Crippen LogP contribution in [-0.2, 0) is 42.9 Å². The van der Waals surface area contributed by atoms with Gasteiger partial charge in [-0.05, 0) is 89.9 Å². The zero-order chi connectivity index (χ0) is 58.9. The van der Waals surface area contributed by atoms with Crippen molar-refractivity contribution in [2.45, 2.75) is 302 Å². The first-order valence-corrected chi connectivity index (χ1v) is 32.2. The summed E-state index contributed by atoms with van der Waals surface area (Å²) in [5, 5.41) is 31.6. The number of aliphatic hydroxyl groups is 2. The first kappa shape index (κ1) is 74.7. The summed E-state index contributed by atoms with van der Waals surface area (Å²) in [6, 6.07) is 0. The van der Waals surface area contributed by atoms with Crippen LogP contribution in [-0.4, -0.2) is 89.2 Å². The summed E-state index contributed by atoms with van der Waals surface area (Å²) < 4.78 is 28.5. The van der Waals surface area contributed by atoms with Crippen molar-refractivity contribution in [3.63, 3.8) is 0 Å². The lowest BCUT2D eigenvalue weighted by atomic mass is 9.98. The van der Waals surface area contributed by atoms with Crippen molar-refractivity contribution in [3.8, 4) is 0 Å². The molecule has 0 aromatic heterocycles. The molecular formula is C69H114O12. The number of esters is 3. The lowest BCUT2D eigenvalue weighted by Crippen LogP contribution is -2.61. The van der Waals surface area contributed by atoms with Crippen molar-refractivity contribution in [1.29, 1.82) is 0 Å². The van der Waals surface area contributed by atoms with Crippen LogP contribution in [0.25, 0.3) is 0 Å². The molecule has 1 aliphatic heterocycles. The predicted octanol–water partition coefficient (Wildman–Crippen LogP) is 17.2. The van der Waals surface area contributed by atoms with E-state index in [-0.39, 0.29) is 25.9 Å². The van der Waals surface area contributed by atoms with E-state index in [1.165, 1.54) is 77.0 Å². The Bertz CT molecular complexity index is 1780. The molecule has 1 fully saturated rings. The normalized spacial score (nSPS) is 18.4. The minimum absolute atomic E-state index is 0.0536. The Morgan fingerprint density at radius 3 is 1.22 bits per heavy atom. The Labute approximate surface area is 492 Å². The number of carboxylic acids is 1. The summed E-state index contributed by atoms with van der Waals surface area (Å²) in [7, 11) is 0. The van der Waals surface area contributed by atoms with Gasteiger partial charge in [0.2, 0.25) is 0 Å². The minimum Gasteiger partial charge on any atom is -0.479 e. The van der Waals surface area contributed by atoms with Gasteiger partial charge in [-0.15, -0.1) is 0 Å². The van der Waals surface area contributed by atoms with Crippen molar-refractivity contribution >= 4 is 23.9 Å². The van der Waals surface area contributed by atoms with Crippen LogP contribution in [0.3, 0.4) is 0 Å². The SMILES string of the molecule is CC/C=C\C/C=C\C/C=C\C/C=C\C/C=C\CCCC(=O)OCC(COC1OC(C(=O)O)C(O)C(O)C1OC(=O)CCCCCCCCCCCCCCCCCCC)OC(=O)CCCCCCCCC/C=C\C/C=C\C/C=C\CC. The van der Waals surface area contributed by atoms with E-state index < -0.39 is 67.3 Å². The van der Waals surface area contributed by atoms with Gasteiger partial charge in [0.15, 0.2) is 24.6 Å². The Hall–Kier alpha value is -4.36. The fourth-order valence-corrected chi connectivity index (χ4v) is 9.30. The third kappa shape index (κ3) is 45.8. The van der Waals surface area contributed by atoms with Gasteiger partial charge in [0.1, 0.15) is 18.8 Å². The van der Waals surface area contributed by atoms with Crippen molar-refractivity contribution in [2.24, 2.45) is 0 Å². The van der Waals surface area contributed by atoms with Crippen molar-refractivity contribution in [1.82, 2.24) is 0 Å². The van der Waals surface area contributed by atoms with Crippen LogP contribution in [0.5, 0.6) is 0 Å². The lowest BCUT2D eigenvalue weighted by Gasteiger charge is -2.40. The molecule has 0 spiro atoms. The van der Waals surface area contributed by atoms with Crippen LogP contribution in [0.4, 0.5) is 0 Å². The number of carbonyl (C=O) groups excluding carboxylic acids is 3. The number of carboxylic acid groups (broad SMARTS) is 1. The third-order valence-corrected chi connectivity index (χ3v) is 14.2. The maximum Gasteiger partial charge on any atom is 0.335 e. The predicted molar refractivity (Wildman–Crippen MR) is 331 cm³/mol. The van der Waals surface area contributed by atoms with Gasteiger partial charge in [-0.3, -0.25) is 14.4 Å². The molecule has 3 N–H and O–H groups in total. The van der Waals surface area contributed by atoms with Crippen LogP contribution in [0.15, 0.2) is 97.2 Å². The van der Waals surface area contributed by atoms with E-state index in [4.69, 9.17) is 23.7 Å². The van der Waals surface area contributed by atoms with E-state index in [0.29, 0.717) is 25.7 Å². The van der Waals surface area contributed by atoms with Crippen LogP contribution >= 0.6 is 0 Å². The summed E-state index contributed by atoms with van der Waals surface area (Å²) in [5.74, 6) is -3.20. The van der Waals surface area contributed by atoms with Gasteiger partial charge in [-0.25, -0.2) is 4.79 Å². The second-order valence-electron chi connectivity index (χ2n) is 21.6. The summed E-state index contributed by atoms with van der Waals surface area (Å²) in [6.45, 7) is 5.74. The topological polar surface area (TPSA) is 175 Å². The largest absolute Gasteiger partial charge is 0.479 e. The van der Waals surface area contributed by atoms with Crippen LogP contribution in [0.1, 0.15) is 265 Å². The van der Waals surface area contributed by atoms with Crippen molar-refractivity contribution in [3.05, 3.63) is 97.2 Å². The van der Waals surface area contributed by atoms with Gasteiger partial charge in [-0.1, -0.05) is 253 Å². The summed E-state index contributed by atoms with van der Waals surface area (Å²) >= 11 is 0. The number of ether oxygens (including phenoxy) is 5. The van der Waals surface area contributed by atoms with Crippen LogP contribution in [0, 0.1) is 0 Å². The third-order valence-electron chi connectivity index (χ3n) is 14.2. The number of hydrogen-bond donors (Lipinski definition) is 3. The van der Waals surface area contributed by atoms with E-state index in [2.05, 4.69) is 112 Å². The number of unbranched alkanes of at least 4 members (excludes halogenated alkanes) is 24. The number of aliphatic hydroxyl groups excluding tert-OH is 2. The zero-order valence-electron chi connectivity index (χ0n) is 51.0. The molecule has 12 nitrogen and oxygen atoms in total. The van der Waals surface area contributed by atoms with Crippen molar-refractivity contribution in [2.75, 3.05) is 13.2 Å². The molecule has 0 aliphatic carbocycles. The molecule has 81 heavy (non-hydrogen) atoms. The van der Waals surface area contributed by atoms with Crippen LogP contribution < -0.4 is 0 Å². The van der Waals surface area contributed by atoms with Gasteiger partial charge < -0.3 is 39.0 Å². The maximum atomic E-state index is 13.2. The minimum atomic E-state index is -1.91. The number of allylic oxidation sites excluding steroid dienone is 16. The quantitative estimate of drug-likeness (QED) is 0.0228. The standard InChI is InChI=1S/C69H114O12/c1-4-7-10-13-16-19-22-25-28-31-34-37-40-43-46-49-52-55-61(70)77-58-60(79-62(71)56-53-50-47-44-41-38-35-32-29-26-23-20-17-14-11-8-5-2)59-78-69-67(65(74)64(73)66(81-69)68(75)76)80-63(72)57-54-51-48-45-42-39-36-33-30-27-24-21-18-15-12-9-6-3/h7-8,10-11,16-17,19-20,25-26,28-29,34,37,43,46,60,64-67,69,73-74H,4-6,9,12-15,18,21-24,27,30-33,35-36,38-42,44-45,47-59H2,1-3H3,(H,75,76)/b10-7-,11-8-,19-16-,20-17-,28-25-,29-26-,37-34-,46-43-. The molecule has 6 atom stereocenters. The highest BCUT2D eigenvalue weighted by molar-refractivity contribution is 5.74. The van der Waals surface area contributed by atoms with E-state index in [0.717, 1.165) is 122 Å². The monoisotopic (exact) mass is 1130 g/mol. The Morgan fingerprint density at radius 1 is 0.420 bits per heavy atom. The van der Waals surface area contributed by atoms with E-state index in [9.17, 15) is 34.5 Å². The summed E-state index contributed by atoms with van der Waals surface area (Å²) in [6.07, 6.45) is 62.3. The number of carbonyl (C=O) groups is 4. The highest BCUT2D eigenvalue weighted by Gasteiger charge is 2.50. The fraction of sp³-hybridized carbons (Fsp3) is 0.710. The molecule has 1 aliphatic rings. The maximum absolute atomic E-state index is 13.2. The molecule has 1 saturated heterocycles. The molecule has 6 unspecified atom stereocenters. The van der Waals surface area contributed by atoms with E-state index in [1.54, 1.807) is 0 Å². The highest BCUT2D eigenvalue weighted by Crippen LogP contribution is 2.27. The fourth-order valence-electron chi connectivity index (χ4n) is 9.30. The molecule has 0 amide bonds. The average molecular weight is 1140 g/mol. The molecule has 0 radical (unpaired) electrons. The van der Waals surface area contributed by atoms with Gasteiger partial charge in [-0.2, -0.15) is 0 Å². The molecule has 12 heteroatoms. The first-order chi connectivity index (χ1) is 39.6.